The number of halogens is 1. The third-order valence-electron chi connectivity index (χ3n) is 3.16. The van der Waals surface area contributed by atoms with E-state index in [4.69, 9.17) is 0 Å². The van der Waals surface area contributed by atoms with E-state index in [1.165, 1.54) is 13.0 Å². The van der Waals surface area contributed by atoms with Crippen LogP contribution in [-0.4, -0.2) is 15.3 Å². The predicted molar refractivity (Wildman–Crippen MR) is 68.1 cm³/mol. The van der Waals surface area contributed by atoms with E-state index < -0.39 is 0 Å². The van der Waals surface area contributed by atoms with E-state index in [1.54, 1.807) is 17.7 Å². The number of carbonyl (C=O) groups excluding carboxylic acids is 1. The number of nitrogens with zero attached hydrogens (tertiary/aromatic N) is 2. The molecule has 3 nitrogen and oxygen atoms in total. The Morgan fingerprint density at radius 2 is 2.00 bits per heavy atom. The quantitative estimate of drug-likeness (QED) is 0.763. The van der Waals surface area contributed by atoms with Gasteiger partial charge in [-0.3, -0.25) is 4.79 Å². The molecule has 0 aliphatic carbocycles. The fourth-order valence-electron chi connectivity index (χ4n) is 2.05. The molecule has 0 fully saturated rings. The molecule has 0 spiro atoms. The van der Waals surface area contributed by atoms with Crippen molar-refractivity contribution >= 4 is 5.78 Å². The number of hydrogen-bond donors (Lipinski definition) is 0. The molecule has 0 unspecified atom stereocenters. The van der Waals surface area contributed by atoms with E-state index in [1.807, 2.05) is 19.9 Å². The molecule has 2 aromatic rings. The third-order valence-corrected chi connectivity index (χ3v) is 3.16. The van der Waals surface area contributed by atoms with Gasteiger partial charge in [-0.25, -0.2) is 9.37 Å². The summed E-state index contributed by atoms with van der Waals surface area (Å²) in [5, 5.41) is 0. The molecule has 0 radical (unpaired) electrons. The average molecular weight is 246 g/mol. The molecule has 0 saturated heterocycles. The fourth-order valence-corrected chi connectivity index (χ4v) is 2.05. The zero-order chi connectivity index (χ0) is 13.4. The van der Waals surface area contributed by atoms with Gasteiger partial charge in [-0.2, -0.15) is 0 Å². The van der Waals surface area contributed by atoms with E-state index in [0.29, 0.717) is 17.1 Å². The van der Waals surface area contributed by atoms with Crippen LogP contribution in [0.1, 0.15) is 28.7 Å². The first kappa shape index (κ1) is 12.5. The summed E-state index contributed by atoms with van der Waals surface area (Å²) in [5.41, 5.74) is 2.41. The third kappa shape index (κ3) is 1.83. The van der Waals surface area contributed by atoms with Crippen LogP contribution in [0.3, 0.4) is 0 Å². The first-order valence-electron chi connectivity index (χ1n) is 5.73. The first-order chi connectivity index (χ1) is 8.43. The van der Waals surface area contributed by atoms with Crippen LogP contribution in [-0.2, 0) is 7.05 Å². The van der Waals surface area contributed by atoms with Crippen molar-refractivity contribution in [2.45, 2.75) is 20.8 Å². The van der Waals surface area contributed by atoms with E-state index >= 15 is 0 Å². The Balaban J connectivity index is 2.73. The number of Topliss-reactive ketones (excluding diaryl/α,β-unsaturated/α-hetero) is 1. The zero-order valence-corrected chi connectivity index (χ0v) is 10.9. The molecule has 0 N–H and O–H groups in total. The van der Waals surface area contributed by atoms with Crippen LogP contribution in [0.5, 0.6) is 0 Å². The van der Waals surface area contributed by atoms with Crippen molar-refractivity contribution in [3.8, 4) is 11.4 Å². The maximum Gasteiger partial charge on any atom is 0.179 e. The van der Waals surface area contributed by atoms with Gasteiger partial charge in [-0.15, -0.1) is 0 Å². The van der Waals surface area contributed by atoms with Crippen molar-refractivity contribution in [1.29, 1.82) is 0 Å². The SMILES string of the molecule is CC(=O)c1nc(-c2c(C)cccc2F)n(C)c1C. The smallest absolute Gasteiger partial charge is 0.179 e. The van der Waals surface area contributed by atoms with Crippen molar-refractivity contribution in [2.75, 3.05) is 0 Å². The Labute approximate surface area is 105 Å². The monoisotopic (exact) mass is 246 g/mol. The number of benzene rings is 1. The Morgan fingerprint density at radius 3 is 2.50 bits per heavy atom. The molecule has 0 saturated carbocycles. The van der Waals surface area contributed by atoms with Crippen LogP contribution in [0.2, 0.25) is 0 Å². The summed E-state index contributed by atoms with van der Waals surface area (Å²) in [6, 6.07) is 4.89. The molecule has 0 amide bonds. The number of ketones is 1. The Hall–Kier alpha value is -1.97. The van der Waals surface area contributed by atoms with Gasteiger partial charge < -0.3 is 4.57 Å². The van der Waals surface area contributed by atoms with E-state index in [9.17, 15) is 9.18 Å². The summed E-state index contributed by atoms with van der Waals surface area (Å²) < 4.78 is 15.7. The van der Waals surface area contributed by atoms with Gasteiger partial charge in [0.25, 0.3) is 0 Å². The highest BCUT2D eigenvalue weighted by Gasteiger charge is 2.19. The molecule has 2 rings (SSSR count). The molecular formula is C14H15FN2O. The molecule has 0 atom stereocenters. The number of aryl methyl sites for hydroxylation is 1. The molecule has 1 aromatic carbocycles. The largest absolute Gasteiger partial charge is 0.331 e. The van der Waals surface area contributed by atoms with Crippen LogP contribution in [0.15, 0.2) is 18.2 Å². The second-order valence-corrected chi connectivity index (χ2v) is 4.42. The zero-order valence-electron chi connectivity index (χ0n) is 10.9. The lowest BCUT2D eigenvalue weighted by molar-refractivity contribution is 0.101. The summed E-state index contributed by atoms with van der Waals surface area (Å²) in [5.74, 6) is 0.0647. The number of carbonyl (C=O) groups is 1. The lowest BCUT2D eigenvalue weighted by Gasteiger charge is -2.07. The summed E-state index contributed by atoms with van der Waals surface area (Å²) in [4.78, 5) is 15.7. The van der Waals surface area contributed by atoms with Crippen molar-refractivity contribution < 1.29 is 9.18 Å². The number of aromatic nitrogens is 2. The minimum absolute atomic E-state index is 0.108. The normalized spacial score (nSPS) is 10.7. The summed E-state index contributed by atoms with van der Waals surface area (Å²) >= 11 is 0. The van der Waals surface area contributed by atoms with Crippen LogP contribution < -0.4 is 0 Å². The van der Waals surface area contributed by atoms with Crippen LogP contribution in [0.25, 0.3) is 11.4 Å². The maximum atomic E-state index is 13.9. The van der Waals surface area contributed by atoms with Crippen LogP contribution >= 0.6 is 0 Å². The van der Waals surface area contributed by atoms with Gasteiger partial charge in [0.1, 0.15) is 17.3 Å². The lowest BCUT2D eigenvalue weighted by atomic mass is 10.1. The van der Waals surface area contributed by atoms with Crippen molar-refractivity contribution in [1.82, 2.24) is 9.55 Å². The molecule has 1 heterocycles. The van der Waals surface area contributed by atoms with Gasteiger partial charge in [0.2, 0.25) is 0 Å². The van der Waals surface area contributed by atoms with Gasteiger partial charge in [0.05, 0.1) is 5.56 Å². The van der Waals surface area contributed by atoms with Gasteiger partial charge in [0.15, 0.2) is 5.78 Å². The van der Waals surface area contributed by atoms with E-state index in [0.717, 1.165) is 11.3 Å². The lowest BCUT2D eigenvalue weighted by Crippen LogP contribution is -1.99. The molecule has 0 aliphatic heterocycles. The van der Waals surface area contributed by atoms with Gasteiger partial charge in [0, 0.05) is 19.7 Å². The number of imidazole rings is 1. The molecule has 0 bridgehead atoms. The van der Waals surface area contributed by atoms with Gasteiger partial charge in [-0.05, 0) is 25.5 Å². The Bertz CT molecular complexity index is 609. The summed E-state index contributed by atoms with van der Waals surface area (Å²) in [7, 11) is 1.79. The topological polar surface area (TPSA) is 34.9 Å². The minimum Gasteiger partial charge on any atom is -0.331 e. The number of rotatable bonds is 2. The van der Waals surface area contributed by atoms with Gasteiger partial charge in [-0.1, -0.05) is 12.1 Å². The molecule has 18 heavy (non-hydrogen) atoms. The number of hydrogen-bond acceptors (Lipinski definition) is 2. The second kappa shape index (κ2) is 4.37. The van der Waals surface area contributed by atoms with Gasteiger partial charge >= 0.3 is 0 Å². The summed E-state index contributed by atoms with van der Waals surface area (Å²) in [6.07, 6.45) is 0. The Morgan fingerprint density at radius 1 is 1.33 bits per heavy atom. The summed E-state index contributed by atoms with van der Waals surface area (Å²) in [6.45, 7) is 5.10. The van der Waals surface area contributed by atoms with Crippen molar-refractivity contribution in [3.63, 3.8) is 0 Å². The molecule has 94 valence electrons. The highest BCUT2D eigenvalue weighted by Crippen LogP contribution is 2.27. The first-order valence-corrected chi connectivity index (χ1v) is 5.73. The fraction of sp³-hybridized carbons (Fsp3) is 0.286. The van der Waals surface area contributed by atoms with E-state index in [-0.39, 0.29) is 11.6 Å². The maximum absolute atomic E-state index is 13.9. The van der Waals surface area contributed by atoms with Crippen LogP contribution in [0, 0.1) is 19.7 Å². The predicted octanol–water partition coefficient (Wildman–Crippen LogP) is 3.05. The van der Waals surface area contributed by atoms with Crippen LogP contribution in [0.4, 0.5) is 4.39 Å². The molecular weight excluding hydrogens is 231 g/mol. The highest BCUT2D eigenvalue weighted by molar-refractivity contribution is 5.94. The molecule has 1 aromatic heterocycles. The Kier molecular flexibility index (Phi) is 3.03. The van der Waals surface area contributed by atoms with Crippen molar-refractivity contribution in [2.24, 2.45) is 7.05 Å². The van der Waals surface area contributed by atoms with Crippen molar-refractivity contribution in [3.05, 3.63) is 41.0 Å². The minimum atomic E-state index is -0.321. The second-order valence-electron chi connectivity index (χ2n) is 4.42. The van der Waals surface area contributed by atoms with E-state index in [2.05, 4.69) is 4.98 Å². The standard InChI is InChI=1S/C14H15FN2O/c1-8-6-5-7-11(15)12(8)14-16-13(10(3)18)9(2)17(14)4/h5-7H,1-4H3. The molecule has 4 heteroatoms. The molecule has 0 aliphatic rings. The highest BCUT2D eigenvalue weighted by atomic mass is 19.1. The average Bonchev–Trinajstić information content (AvgIpc) is 2.57.